The Hall–Kier alpha value is -2.04. The lowest BCUT2D eigenvalue weighted by atomic mass is 9.67. The Balaban J connectivity index is 1.27. The molecule has 26 heavy (non-hydrogen) atoms. The van der Waals surface area contributed by atoms with Crippen LogP contribution >= 0.6 is 0 Å². The lowest BCUT2D eigenvalue weighted by molar-refractivity contribution is -0.143. The third-order valence-corrected chi connectivity index (χ3v) is 6.55. The van der Waals surface area contributed by atoms with Crippen molar-refractivity contribution in [3.05, 3.63) is 35.4 Å². The first kappa shape index (κ1) is 17.4. The minimum atomic E-state index is -0.352. The molecule has 140 valence electrons. The first-order chi connectivity index (χ1) is 12.4. The molecule has 1 aromatic rings. The van der Waals surface area contributed by atoms with Gasteiger partial charge < -0.3 is 15.0 Å². The largest absolute Gasteiger partial charge is 0.447 e. The third-order valence-electron chi connectivity index (χ3n) is 6.55. The minimum absolute atomic E-state index is 0.0198. The second kappa shape index (κ2) is 6.29. The summed E-state index contributed by atoms with van der Waals surface area (Å²) in [4.78, 5) is 25.9. The van der Waals surface area contributed by atoms with Gasteiger partial charge in [-0.05, 0) is 48.6 Å². The van der Waals surface area contributed by atoms with Crippen molar-refractivity contribution in [3.63, 3.8) is 0 Å². The molecule has 2 saturated carbocycles. The summed E-state index contributed by atoms with van der Waals surface area (Å²) in [7, 11) is 1.93. The van der Waals surface area contributed by atoms with E-state index >= 15 is 0 Å². The van der Waals surface area contributed by atoms with Gasteiger partial charge in [0.1, 0.15) is 6.61 Å². The van der Waals surface area contributed by atoms with Gasteiger partial charge in [0.15, 0.2) is 0 Å². The highest BCUT2D eigenvalue weighted by Crippen LogP contribution is 2.44. The summed E-state index contributed by atoms with van der Waals surface area (Å²) in [6.45, 7) is 4.82. The van der Waals surface area contributed by atoms with Gasteiger partial charge in [-0.25, -0.2) is 4.79 Å². The van der Waals surface area contributed by atoms with E-state index < -0.39 is 0 Å². The van der Waals surface area contributed by atoms with E-state index in [-0.39, 0.29) is 23.5 Å². The van der Waals surface area contributed by atoms with Gasteiger partial charge in [-0.3, -0.25) is 4.79 Å². The Kier molecular flexibility index (Phi) is 4.20. The molecule has 1 heterocycles. The highest BCUT2D eigenvalue weighted by molar-refractivity contribution is 5.81. The Morgan fingerprint density at radius 2 is 1.88 bits per heavy atom. The van der Waals surface area contributed by atoms with Crippen molar-refractivity contribution in [1.29, 1.82) is 0 Å². The van der Waals surface area contributed by atoms with Gasteiger partial charge >= 0.3 is 6.09 Å². The molecule has 5 nitrogen and oxygen atoms in total. The van der Waals surface area contributed by atoms with E-state index in [0.717, 1.165) is 12.8 Å². The quantitative estimate of drug-likeness (QED) is 0.899. The fourth-order valence-electron chi connectivity index (χ4n) is 4.57. The van der Waals surface area contributed by atoms with Gasteiger partial charge in [0, 0.05) is 19.0 Å². The number of benzene rings is 1. The number of nitrogens with zero attached hydrogens (tertiary/aromatic N) is 1. The van der Waals surface area contributed by atoms with Crippen molar-refractivity contribution < 1.29 is 14.3 Å². The number of cyclic esters (lactones) is 1. The molecule has 1 spiro atoms. The van der Waals surface area contributed by atoms with Crippen LogP contribution in [-0.2, 0) is 9.53 Å². The van der Waals surface area contributed by atoms with Crippen molar-refractivity contribution in [1.82, 2.24) is 10.2 Å². The molecule has 0 bridgehead atoms. The molecular formula is C21H28N2O3. The topological polar surface area (TPSA) is 58.6 Å². The van der Waals surface area contributed by atoms with Gasteiger partial charge in [-0.2, -0.15) is 0 Å². The Bertz CT molecular complexity index is 700. The Morgan fingerprint density at radius 3 is 2.42 bits per heavy atom. The van der Waals surface area contributed by atoms with E-state index in [2.05, 4.69) is 43.4 Å². The molecule has 1 aromatic carbocycles. The van der Waals surface area contributed by atoms with Crippen LogP contribution in [0.25, 0.3) is 0 Å². The number of rotatable bonds is 4. The summed E-state index contributed by atoms with van der Waals surface area (Å²) in [6, 6.07) is 9.29. The maximum Gasteiger partial charge on any atom is 0.407 e. The molecule has 2 amide bonds. The number of ether oxygens (including phenoxy) is 1. The Morgan fingerprint density at radius 1 is 1.23 bits per heavy atom. The summed E-state index contributed by atoms with van der Waals surface area (Å²) < 4.78 is 4.99. The summed E-state index contributed by atoms with van der Waals surface area (Å²) in [5.74, 6) is 1.36. The van der Waals surface area contributed by atoms with Gasteiger partial charge in [0.05, 0.1) is 5.54 Å². The van der Waals surface area contributed by atoms with E-state index in [1.807, 2.05) is 11.9 Å². The number of amides is 2. The van der Waals surface area contributed by atoms with Gasteiger partial charge in [-0.1, -0.05) is 38.1 Å². The van der Waals surface area contributed by atoms with Gasteiger partial charge in [-0.15, -0.1) is 0 Å². The second-order valence-corrected chi connectivity index (χ2v) is 8.68. The lowest BCUT2D eigenvalue weighted by Crippen LogP contribution is -2.59. The van der Waals surface area contributed by atoms with Crippen LogP contribution in [-0.4, -0.2) is 42.1 Å². The van der Waals surface area contributed by atoms with E-state index in [0.29, 0.717) is 37.3 Å². The average molecular weight is 356 g/mol. The second-order valence-electron chi connectivity index (χ2n) is 8.68. The molecule has 1 saturated heterocycles. The SMILES string of the molecule is CC(C)c1ccc([C@H]2C[C@@H](N(C)C(=O)[C@H]3C[C@]4(COC(=O)N4)C3)C2)cc1. The van der Waals surface area contributed by atoms with Crippen LogP contribution in [0.2, 0.25) is 0 Å². The van der Waals surface area contributed by atoms with Crippen LogP contribution in [0.1, 0.15) is 62.5 Å². The molecule has 3 fully saturated rings. The number of hydrogen-bond donors (Lipinski definition) is 1. The first-order valence-corrected chi connectivity index (χ1v) is 9.68. The van der Waals surface area contributed by atoms with Crippen molar-refractivity contribution in [2.24, 2.45) is 5.92 Å². The maximum atomic E-state index is 12.7. The fraction of sp³-hybridized carbons (Fsp3) is 0.619. The number of nitrogens with one attached hydrogen (secondary N) is 1. The molecule has 5 heteroatoms. The zero-order valence-electron chi connectivity index (χ0n) is 15.8. The smallest absolute Gasteiger partial charge is 0.407 e. The Labute approximate surface area is 155 Å². The highest BCUT2D eigenvalue weighted by atomic mass is 16.6. The number of carbonyl (C=O) groups is 2. The maximum absolute atomic E-state index is 12.7. The van der Waals surface area contributed by atoms with Crippen LogP contribution in [0.4, 0.5) is 4.79 Å². The fourth-order valence-corrected chi connectivity index (χ4v) is 4.57. The van der Waals surface area contributed by atoms with Gasteiger partial charge in [0.2, 0.25) is 5.91 Å². The van der Waals surface area contributed by atoms with E-state index in [1.54, 1.807) is 0 Å². The van der Waals surface area contributed by atoms with Crippen molar-refractivity contribution >= 4 is 12.0 Å². The third kappa shape index (κ3) is 2.97. The monoisotopic (exact) mass is 356 g/mol. The molecule has 1 aliphatic heterocycles. The molecule has 0 aromatic heterocycles. The molecule has 4 rings (SSSR count). The molecular weight excluding hydrogens is 328 g/mol. The van der Waals surface area contributed by atoms with Crippen molar-refractivity contribution in [2.75, 3.05) is 13.7 Å². The molecule has 3 aliphatic rings. The number of alkyl carbamates (subject to hydrolysis) is 1. The standard InChI is InChI=1S/C21H28N2O3/c1-13(2)14-4-6-15(7-5-14)16-8-18(9-16)23(3)19(24)17-10-21(11-17)12-26-20(25)22-21/h4-7,13,16-18H,8-12H2,1-3H3,(H,22,25)/t16-,17-,18+,21+. The van der Waals surface area contributed by atoms with Crippen molar-refractivity contribution in [3.8, 4) is 0 Å². The zero-order chi connectivity index (χ0) is 18.5. The van der Waals surface area contributed by atoms with E-state index in [4.69, 9.17) is 4.74 Å². The molecule has 2 aliphatic carbocycles. The predicted octanol–water partition coefficient (Wildman–Crippen LogP) is 3.40. The first-order valence-electron chi connectivity index (χ1n) is 9.68. The van der Waals surface area contributed by atoms with Crippen LogP contribution in [0.5, 0.6) is 0 Å². The summed E-state index contributed by atoms with van der Waals surface area (Å²) in [5, 5.41) is 2.86. The summed E-state index contributed by atoms with van der Waals surface area (Å²) in [5.41, 5.74) is 2.48. The highest BCUT2D eigenvalue weighted by Gasteiger charge is 2.53. The number of carbonyl (C=O) groups excluding carboxylic acids is 2. The van der Waals surface area contributed by atoms with Gasteiger partial charge in [0.25, 0.3) is 0 Å². The van der Waals surface area contributed by atoms with Crippen molar-refractivity contribution in [2.45, 2.75) is 62.9 Å². The molecule has 1 N–H and O–H groups in total. The lowest BCUT2D eigenvalue weighted by Gasteiger charge is -2.47. The van der Waals surface area contributed by atoms with Crippen LogP contribution in [0.3, 0.4) is 0 Å². The van der Waals surface area contributed by atoms with E-state index in [9.17, 15) is 9.59 Å². The molecule has 0 radical (unpaired) electrons. The molecule has 0 unspecified atom stereocenters. The van der Waals surface area contributed by atoms with E-state index in [1.165, 1.54) is 11.1 Å². The normalized spacial score (nSPS) is 32.6. The average Bonchev–Trinajstić information content (AvgIpc) is 2.94. The summed E-state index contributed by atoms with van der Waals surface area (Å²) in [6.07, 6.45) is 3.14. The van der Waals surface area contributed by atoms with Crippen LogP contribution in [0, 0.1) is 5.92 Å². The zero-order valence-corrected chi connectivity index (χ0v) is 15.8. The summed E-state index contributed by atoms with van der Waals surface area (Å²) >= 11 is 0. The van der Waals surface area contributed by atoms with Crippen LogP contribution in [0.15, 0.2) is 24.3 Å². The number of hydrogen-bond acceptors (Lipinski definition) is 3. The molecule has 0 atom stereocenters. The minimum Gasteiger partial charge on any atom is -0.447 e. The predicted molar refractivity (Wildman–Crippen MR) is 99.0 cm³/mol. The van der Waals surface area contributed by atoms with Crippen LogP contribution < -0.4 is 5.32 Å².